The minimum Gasteiger partial charge on any atom is -0.465 e. The molecule has 0 bridgehead atoms. The molecule has 3 rings (SSSR count). The number of ether oxygens (including phenoxy) is 1. The third-order valence-corrected chi connectivity index (χ3v) is 3.56. The summed E-state index contributed by atoms with van der Waals surface area (Å²) in [6, 6.07) is 14.4. The number of aromatic nitrogens is 1. The average molecular weight is 308 g/mol. The van der Waals surface area contributed by atoms with Gasteiger partial charge < -0.3 is 15.0 Å². The molecule has 0 spiro atoms. The quantitative estimate of drug-likeness (QED) is 0.727. The molecule has 0 radical (unpaired) electrons. The van der Waals surface area contributed by atoms with Gasteiger partial charge in [0.25, 0.3) is 5.91 Å². The van der Waals surface area contributed by atoms with Gasteiger partial charge in [-0.2, -0.15) is 0 Å². The molecule has 2 N–H and O–H groups in total. The second-order valence-corrected chi connectivity index (χ2v) is 5.30. The van der Waals surface area contributed by atoms with Crippen molar-refractivity contribution < 1.29 is 14.3 Å². The van der Waals surface area contributed by atoms with Gasteiger partial charge in [-0.3, -0.25) is 4.79 Å². The highest BCUT2D eigenvalue weighted by molar-refractivity contribution is 6.06. The molecule has 2 aromatic carbocycles. The Morgan fingerprint density at radius 3 is 2.70 bits per heavy atom. The number of rotatable bonds is 3. The molecular weight excluding hydrogens is 292 g/mol. The second kappa shape index (κ2) is 5.96. The minimum atomic E-state index is -0.442. The first-order chi connectivity index (χ1) is 11.1. The summed E-state index contributed by atoms with van der Waals surface area (Å²) in [4.78, 5) is 27.0. The Kier molecular flexibility index (Phi) is 3.85. The van der Waals surface area contributed by atoms with Gasteiger partial charge in [0.2, 0.25) is 0 Å². The molecule has 1 aromatic heterocycles. The molecule has 0 saturated heterocycles. The van der Waals surface area contributed by atoms with Crippen molar-refractivity contribution >= 4 is 28.5 Å². The summed E-state index contributed by atoms with van der Waals surface area (Å²) < 4.78 is 4.67. The van der Waals surface area contributed by atoms with Gasteiger partial charge in [-0.05, 0) is 43.3 Å². The summed E-state index contributed by atoms with van der Waals surface area (Å²) in [5.41, 5.74) is 3.43. The van der Waals surface area contributed by atoms with E-state index >= 15 is 0 Å². The molecule has 0 aliphatic rings. The van der Waals surface area contributed by atoms with Crippen molar-refractivity contribution in [2.75, 3.05) is 12.4 Å². The summed E-state index contributed by atoms with van der Waals surface area (Å²) in [6.07, 6.45) is 0. The highest BCUT2D eigenvalue weighted by Crippen LogP contribution is 2.18. The number of hydrogen-bond acceptors (Lipinski definition) is 3. The average Bonchev–Trinajstić information content (AvgIpc) is 2.97. The molecule has 116 valence electrons. The van der Waals surface area contributed by atoms with Crippen molar-refractivity contribution in [2.45, 2.75) is 6.92 Å². The topological polar surface area (TPSA) is 71.2 Å². The Morgan fingerprint density at radius 2 is 1.91 bits per heavy atom. The van der Waals surface area contributed by atoms with Gasteiger partial charge in [-0.15, -0.1) is 0 Å². The van der Waals surface area contributed by atoms with E-state index in [1.54, 1.807) is 24.3 Å². The van der Waals surface area contributed by atoms with E-state index in [-0.39, 0.29) is 5.91 Å². The van der Waals surface area contributed by atoms with Gasteiger partial charge >= 0.3 is 5.97 Å². The number of H-pyrrole nitrogens is 1. The molecule has 3 aromatic rings. The molecule has 5 nitrogen and oxygen atoms in total. The van der Waals surface area contributed by atoms with Gasteiger partial charge in [0.05, 0.1) is 12.7 Å². The number of anilines is 1. The number of hydrogen-bond donors (Lipinski definition) is 2. The van der Waals surface area contributed by atoms with Crippen LogP contribution in [0.2, 0.25) is 0 Å². The maximum absolute atomic E-state index is 12.4. The van der Waals surface area contributed by atoms with Gasteiger partial charge in [0, 0.05) is 16.6 Å². The van der Waals surface area contributed by atoms with Crippen LogP contribution in [0.15, 0.2) is 48.5 Å². The van der Waals surface area contributed by atoms with E-state index in [1.807, 2.05) is 31.2 Å². The lowest BCUT2D eigenvalue weighted by molar-refractivity contribution is 0.0600. The Hall–Kier alpha value is -3.08. The summed E-state index contributed by atoms with van der Waals surface area (Å²) in [6.45, 7) is 2.00. The Morgan fingerprint density at radius 1 is 1.09 bits per heavy atom. The fourth-order valence-electron chi connectivity index (χ4n) is 2.41. The van der Waals surface area contributed by atoms with Crippen LogP contribution < -0.4 is 5.32 Å². The van der Waals surface area contributed by atoms with E-state index in [0.29, 0.717) is 16.9 Å². The number of esters is 1. The first-order valence-electron chi connectivity index (χ1n) is 7.16. The molecule has 0 fully saturated rings. The largest absolute Gasteiger partial charge is 0.465 e. The third-order valence-electron chi connectivity index (χ3n) is 3.56. The first-order valence-corrected chi connectivity index (χ1v) is 7.16. The Balaban J connectivity index is 1.84. The van der Waals surface area contributed by atoms with Crippen LogP contribution in [0.5, 0.6) is 0 Å². The molecule has 0 saturated carbocycles. The first kappa shape index (κ1) is 14.8. The van der Waals surface area contributed by atoms with Gasteiger partial charge in [0.15, 0.2) is 0 Å². The summed E-state index contributed by atoms with van der Waals surface area (Å²) in [5, 5.41) is 3.76. The van der Waals surface area contributed by atoms with Gasteiger partial charge in [0.1, 0.15) is 5.69 Å². The number of methoxy groups -OCH3 is 1. The maximum Gasteiger partial charge on any atom is 0.337 e. The van der Waals surface area contributed by atoms with Crippen LogP contribution >= 0.6 is 0 Å². The standard InChI is InChI=1S/C18H16N2O3/c1-11-6-7-15-13(8-11)10-16(20-15)17(21)19-14-5-3-4-12(9-14)18(22)23-2/h3-10,20H,1-2H3,(H,19,21). The van der Waals surface area contributed by atoms with E-state index in [2.05, 4.69) is 15.0 Å². The predicted octanol–water partition coefficient (Wildman–Crippen LogP) is 3.52. The predicted molar refractivity (Wildman–Crippen MR) is 88.8 cm³/mol. The molecule has 5 heteroatoms. The third kappa shape index (κ3) is 3.08. The minimum absolute atomic E-state index is 0.263. The summed E-state index contributed by atoms with van der Waals surface area (Å²) in [5.74, 6) is -0.706. The number of carbonyl (C=O) groups is 2. The molecular formula is C18H16N2O3. The fourth-order valence-corrected chi connectivity index (χ4v) is 2.41. The second-order valence-electron chi connectivity index (χ2n) is 5.30. The van der Waals surface area contributed by atoms with Crippen LogP contribution in [-0.2, 0) is 4.74 Å². The number of nitrogens with one attached hydrogen (secondary N) is 2. The zero-order valence-electron chi connectivity index (χ0n) is 12.8. The van der Waals surface area contributed by atoms with Gasteiger partial charge in [-0.1, -0.05) is 17.7 Å². The zero-order valence-corrected chi connectivity index (χ0v) is 12.8. The van der Waals surface area contributed by atoms with Crippen molar-refractivity contribution in [2.24, 2.45) is 0 Å². The highest BCUT2D eigenvalue weighted by atomic mass is 16.5. The molecule has 0 aliphatic heterocycles. The summed E-state index contributed by atoms with van der Waals surface area (Å²) in [7, 11) is 1.32. The molecule has 1 amide bonds. The number of aryl methyl sites for hydroxylation is 1. The number of amides is 1. The van der Waals surface area contributed by atoms with Crippen molar-refractivity contribution in [3.63, 3.8) is 0 Å². The van der Waals surface area contributed by atoms with E-state index in [0.717, 1.165) is 16.5 Å². The van der Waals surface area contributed by atoms with Crippen molar-refractivity contribution in [1.82, 2.24) is 4.98 Å². The van der Waals surface area contributed by atoms with Crippen LogP contribution in [0.1, 0.15) is 26.4 Å². The molecule has 23 heavy (non-hydrogen) atoms. The van der Waals surface area contributed by atoms with E-state index in [4.69, 9.17) is 0 Å². The smallest absolute Gasteiger partial charge is 0.337 e. The normalized spacial score (nSPS) is 10.5. The Bertz CT molecular complexity index is 896. The van der Waals surface area contributed by atoms with E-state index in [9.17, 15) is 9.59 Å². The van der Waals surface area contributed by atoms with Crippen LogP contribution in [0.3, 0.4) is 0 Å². The van der Waals surface area contributed by atoms with Gasteiger partial charge in [-0.25, -0.2) is 4.79 Å². The number of aromatic amines is 1. The molecule has 0 aliphatic carbocycles. The lowest BCUT2D eigenvalue weighted by atomic mass is 10.2. The van der Waals surface area contributed by atoms with E-state index < -0.39 is 5.97 Å². The number of carbonyl (C=O) groups excluding carboxylic acids is 2. The van der Waals surface area contributed by atoms with Crippen molar-refractivity contribution in [3.05, 3.63) is 65.4 Å². The van der Waals surface area contributed by atoms with E-state index in [1.165, 1.54) is 7.11 Å². The zero-order chi connectivity index (χ0) is 16.4. The summed E-state index contributed by atoms with van der Waals surface area (Å²) >= 11 is 0. The highest BCUT2D eigenvalue weighted by Gasteiger charge is 2.11. The Labute approximate surface area is 133 Å². The molecule has 0 atom stereocenters. The molecule has 1 heterocycles. The van der Waals surface area contributed by atoms with Crippen LogP contribution in [0.25, 0.3) is 10.9 Å². The number of fused-ring (bicyclic) bond motifs is 1. The van der Waals surface area contributed by atoms with Crippen LogP contribution in [0, 0.1) is 6.92 Å². The van der Waals surface area contributed by atoms with Crippen molar-refractivity contribution in [1.29, 1.82) is 0 Å². The fraction of sp³-hybridized carbons (Fsp3) is 0.111. The lowest BCUT2D eigenvalue weighted by Gasteiger charge is -2.05. The maximum atomic E-state index is 12.4. The molecule has 0 unspecified atom stereocenters. The van der Waals surface area contributed by atoms with Crippen LogP contribution in [-0.4, -0.2) is 24.0 Å². The lowest BCUT2D eigenvalue weighted by Crippen LogP contribution is -2.12. The monoisotopic (exact) mass is 308 g/mol. The van der Waals surface area contributed by atoms with Crippen LogP contribution in [0.4, 0.5) is 5.69 Å². The number of benzene rings is 2. The SMILES string of the molecule is COC(=O)c1cccc(NC(=O)c2cc3cc(C)ccc3[nH]2)c1. The van der Waals surface area contributed by atoms with Crippen molar-refractivity contribution in [3.8, 4) is 0 Å².